The van der Waals surface area contributed by atoms with Crippen molar-refractivity contribution in [3.63, 3.8) is 0 Å². The molecule has 0 saturated heterocycles. The fourth-order valence-corrected chi connectivity index (χ4v) is 1.57. The van der Waals surface area contributed by atoms with Gasteiger partial charge in [-0.05, 0) is 32.0 Å². The van der Waals surface area contributed by atoms with Crippen LogP contribution in [0.2, 0.25) is 5.02 Å². The van der Waals surface area contributed by atoms with Gasteiger partial charge in [-0.2, -0.15) is 4.98 Å². The number of nitrogens with zero attached hydrogens (tertiary/aromatic N) is 2. The summed E-state index contributed by atoms with van der Waals surface area (Å²) in [6.07, 6.45) is -0.358. The predicted molar refractivity (Wildman–Crippen MR) is 67.4 cm³/mol. The Labute approximate surface area is 110 Å². The van der Waals surface area contributed by atoms with Gasteiger partial charge in [-0.1, -0.05) is 22.8 Å². The largest absolute Gasteiger partial charge is 0.481 e. The van der Waals surface area contributed by atoms with Crippen molar-refractivity contribution in [2.75, 3.05) is 0 Å². The first-order valence-corrected chi connectivity index (χ1v) is 5.95. The Morgan fingerprint density at radius 2 is 2.17 bits per heavy atom. The summed E-state index contributed by atoms with van der Waals surface area (Å²) < 4.78 is 10.7. The van der Waals surface area contributed by atoms with Gasteiger partial charge in [0.15, 0.2) is 11.9 Å². The highest BCUT2D eigenvalue weighted by Gasteiger charge is 2.17. The van der Waals surface area contributed by atoms with Crippen molar-refractivity contribution in [2.45, 2.75) is 26.0 Å². The van der Waals surface area contributed by atoms with E-state index < -0.39 is 0 Å². The normalized spacial score (nSPS) is 14.2. The van der Waals surface area contributed by atoms with Crippen LogP contribution in [0.3, 0.4) is 0 Å². The van der Waals surface area contributed by atoms with E-state index in [2.05, 4.69) is 10.1 Å². The molecule has 0 saturated carbocycles. The molecule has 0 bridgehead atoms. The third-order valence-electron chi connectivity index (χ3n) is 2.32. The minimum Gasteiger partial charge on any atom is -0.481 e. The lowest BCUT2D eigenvalue weighted by atomic mass is 10.3. The average molecular weight is 268 g/mol. The predicted octanol–water partition coefficient (Wildman–Crippen LogP) is 2.88. The van der Waals surface area contributed by atoms with Crippen LogP contribution in [0.5, 0.6) is 5.75 Å². The summed E-state index contributed by atoms with van der Waals surface area (Å²) >= 11 is 5.87. The van der Waals surface area contributed by atoms with E-state index in [4.69, 9.17) is 26.6 Å². The van der Waals surface area contributed by atoms with Crippen LogP contribution in [0.15, 0.2) is 28.8 Å². The molecule has 2 rings (SSSR count). The van der Waals surface area contributed by atoms with Gasteiger partial charge in [0.2, 0.25) is 0 Å². The zero-order valence-corrected chi connectivity index (χ0v) is 10.9. The standard InChI is InChI=1S/C12H14ClN3O2/c1-7(14)11-15-12(18-16-11)8(2)17-10-5-3-4-9(13)6-10/h3-8H,14H2,1-2H3. The van der Waals surface area contributed by atoms with E-state index in [-0.39, 0.29) is 12.1 Å². The zero-order valence-electron chi connectivity index (χ0n) is 10.1. The number of rotatable bonds is 4. The maximum atomic E-state index is 5.87. The number of aromatic nitrogens is 2. The summed E-state index contributed by atoms with van der Waals surface area (Å²) in [4.78, 5) is 4.17. The second kappa shape index (κ2) is 5.37. The second-order valence-electron chi connectivity index (χ2n) is 4.00. The van der Waals surface area contributed by atoms with Crippen molar-refractivity contribution in [2.24, 2.45) is 5.73 Å². The number of hydrogen-bond donors (Lipinski definition) is 1. The summed E-state index contributed by atoms with van der Waals surface area (Å²) in [5, 5.41) is 4.39. The maximum absolute atomic E-state index is 5.87. The molecule has 0 aliphatic rings. The van der Waals surface area contributed by atoms with Crippen LogP contribution in [0.1, 0.15) is 37.7 Å². The van der Waals surface area contributed by atoms with E-state index in [1.54, 1.807) is 19.1 Å². The lowest BCUT2D eigenvalue weighted by Gasteiger charge is -2.10. The number of nitrogens with two attached hydrogens (primary N) is 1. The molecule has 5 nitrogen and oxygen atoms in total. The fourth-order valence-electron chi connectivity index (χ4n) is 1.39. The van der Waals surface area contributed by atoms with E-state index >= 15 is 0 Å². The molecule has 0 radical (unpaired) electrons. The third kappa shape index (κ3) is 3.00. The Kier molecular flexibility index (Phi) is 3.84. The number of benzene rings is 1. The van der Waals surface area contributed by atoms with Gasteiger partial charge in [0.1, 0.15) is 5.75 Å². The molecule has 1 heterocycles. The van der Waals surface area contributed by atoms with Gasteiger partial charge in [0.25, 0.3) is 5.89 Å². The van der Waals surface area contributed by atoms with E-state index in [0.717, 1.165) is 0 Å². The lowest BCUT2D eigenvalue weighted by molar-refractivity contribution is 0.175. The monoisotopic (exact) mass is 267 g/mol. The average Bonchev–Trinajstić information content (AvgIpc) is 2.78. The van der Waals surface area contributed by atoms with E-state index in [1.165, 1.54) is 0 Å². The van der Waals surface area contributed by atoms with Gasteiger partial charge in [-0.25, -0.2) is 0 Å². The Bertz CT molecular complexity index is 528. The molecule has 1 aromatic heterocycles. The van der Waals surface area contributed by atoms with E-state index in [9.17, 15) is 0 Å². The first-order valence-electron chi connectivity index (χ1n) is 5.57. The van der Waals surface area contributed by atoms with Crippen LogP contribution < -0.4 is 10.5 Å². The summed E-state index contributed by atoms with van der Waals surface area (Å²) in [6.45, 7) is 3.61. The Hall–Kier alpha value is -1.59. The Morgan fingerprint density at radius 1 is 1.39 bits per heavy atom. The molecule has 6 heteroatoms. The molecule has 0 amide bonds. The van der Waals surface area contributed by atoms with Crippen LogP contribution in [0, 0.1) is 0 Å². The van der Waals surface area contributed by atoms with Gasteiger partial charge in [0.05, 0.1) is 6.04 Å². The van der Waals surface area contributed by atoms with Crippen LogP contribution >= 0.6 is 11.6 Å². The van der Waals surface area contributed by atoms with Crippen LogP contribution in [-0.2, 0) is 0 Å². The molecule has 2 unspecified atom stereocenters. The lowest BCUT2D eigenvalue weighted by Crippen LogP contribution is -2.08. The molecule has 0 spiro atoms. The molecular formula is C12H14ClN3O2. The van der Waals surface area contributed by atoms with Crippen molar-refractivity contribution >= 4 is 11.6 Å². The van der Waals surface area contributed by atoms with Crippen molar-refractivity contribution in [1.82, 2.24) is 10.1 Å². The number of halogens is 1. The van der Waals surface area contributed by atoms with Crippen LogP contribution in [0.25, 0.3) is 0 Å². The van der Waals surface area contributed by atoms with E-state index in [1.807, 2.05) is 19.1 Å². The van der Waals surface area contributed by atoms with Crippen LogP contribution in [0.4, 0.5) is 0 Å². The summed E-state index contributed by atoms with van der Waals surface area (Å²) in [7, 11) is 0. The van der Waals surface area contributed by atoms with Gasteiger partial charge >= 0.3 is 0 Å². The Balaban J connectivity index is 2.09. The quantitative estimate of drug-likeness (QED) is 0.922. The molecule has 0 fully saturated rings. The van der Waals surface area contributed by atoms with Crippen LogP contribution in [-0.4, -0.2) is 10.1 Å². The van der Waals surface area contributed by atoms with Gasteiger partial charge in [-0.3, -0.25) is 0 Å². The number of hydrogen-bond acceptors (Lipinski definition) is 5. The number of ether oxygens (including phenoxy) is 1. The molecule has 2 N–H and O–H groups in total. The summed E-state index contributed by atoms with van der Waals surface area (Å²) in [5.41, 5.74) is 5.66. The molecular weight excluding hydrogens is 254 g/mol. The van der Waals surface area contributed by atoms with Gasteiger partial charge in [-0.15, -0.1) is 0 Å². The fraction of sp³-hybridized carbons (Fsp3) is 0.333. The summed E-state index contributed by atoms with van der Waals surface area (Å²) in [5.74, 6) is 1.50. The Morgan fingerprint density at radius 3 is 2.78 bits per heavy atom. The van der Waals surface area contributed by atoms with E-state index in [0.29, 0.717) is 22.5 Å². The zero-order chi connectivity index (χ0) is 13.1. The highest BCUT2D eigenvalue weighted by atomic mass is 35.5. The molecule has 2 atom stereocenters. The first kappa shape index (κ1) is 12.9. The summed E-state index contributed by atoms with van der Waals surface area (Å²) in [6, 6.07) is 6.86. The molecule has 2 aromatic rings. The molecule has 96 valence electrons. The molecule has 0 aliphatic heterocycles. The first-order chi connectivity index (χ1) is 8.56. The third-order valence-corrected chi connectivity index (χ3v) is 2.56. The maximum Gasteiger partial charge on any atom is 0.267 e. The second-order valence-corrected chi connectivity index (χ2v) is 4.43. The smallest absolute Gasteiger partial charge is 0.267 e. The minimum absolute atomic E-state index is 0.263. The minimum atomic E-state index is -0.358. The van der Waals surface area contributed by atoms with Crippen molar-refractivity contribution < 1.29 is 9.26 Å². The van der Waals surface area contributed by atoms with Crippen molar-refractivity contribution in [1.29, 1.82) is 0 Å². The highest BCUT2D eigenvalue weighted by molar-refractivity contribution is 6.30. The SMILES string of the molecule is CC(N)c1noc(C(C)Oc2cccc(Cl)c2)n1. The van der Waals surface area contributed by atoms with Gasteiger partial charge < -0.3 is 15.0 Å². The highest BCUT2D eigenvalue weighted by Crippen LogP contribution is 2.23. The van der Waals surface area contributed by atoms with Crippen molar-refractivity contribution in [3.05, 3.63) is 41.0 Å². The van der Waals surface area contributed by atoms with Crippen molar-refractivity contribution in [3.8, 4) is 5.75 Å². The molecule has 0 aliphatic carbocycles. The van der Waals surface area contributed by atoms with Gasteiger partial charge in [0, 0.05) is 5.02 Å². The topological polar surface area (TPSA) is 74.2 Å². The molecule has 1 aromatic carbocycles. The molecule has 18 heavy (non-hydrogen) atoms.